The molecule has 2 nitrogen and oxygen atoms in total. The number of aliphatic carboxylic acids is 1. The summed E-state index contributed by atoms with van der Waals surface area (Å²) in [5.41, 5.74) is 0. The van der Waals surface area contributed by atoms with Gasteiger partial charge in [0, 0.05) is 6.42 Å². The first-order valence-electron chi connectivity index (χ1n) is 7.64. The molecule has 0 saturated heterocycles. The zero-order chi connectivity index (χ0) is 13.5. The van der Waals surface area contributed by atoms with Gasteiger partial charge in [-0.25, -0.2) is 0 Å². The Hall–Kier alpha value is 0.470. The van der Waals surface area contributed by atoms with Gasteiger partial charge in [0.05, 0.1) is 0 Å². The Bertz CT molecular complexity index is 224. The molecule has 0 aliphatic heterocycles. The molecule has 0 aromatic heterocycles. The van der Waals surface area contributed by atoms with E-state index in [0.717, 1.165) is 12.8 Å². The number of hydrogen-bond donors (Lipinski definition) is 1. The number of allylic oxidation sites excluding steroid dienone is 2. The fourth-order valence-corrected chi connectivity index (χ4v) is 1.99. The molecule has 110 valence electrons. The molecule has 0 bridgehead atoms. The van der Waals surface area contributed by atoms with Crippen LogP contribution in [0.1, 0.15) is 86.8 Å². The Kier molecular flexibility index (Phi) is 21.2. The molecule has 0 unspecified atom stereocenters. The number of unbranched alkanes of at least 4 members (excludes halogenated alkanes) is 9. The summed E-state index contributed by atoms with van der Waals surface area (Å²) in [4.78, 5) is 10.3. The van der Waals surface area contributed by atoms with Crippen molar-refractivity contribution in [2.75, 3.05) is 0 Å². The minimum atomic E-state index is -0.666. The molecule has 0 saturated carbocycles. The van der Waals surface area contributed by atoms with Crippen LogP contribution in [0.4, 0.5) is 0 Å². The Morgan fingerprint density at radius 1 is 0.895 bits per heavy atom. The molecule has 0 spiro atoms. The standard InChI is InChI=1S/C16H30O2.Ca.2H/c1-2-3-4-5-6-7-8-9-10-11-12-13-14-15-16(17)18;;;/h7-8H,2-6,9-15H2,1H3,(H,17,18);;;/q;+2;2*-1/b8-7-;;;. The van der Waals surface area contributed by atoms with E-state index in [0.29, 0.717) is 6.42 Å². The smallest absolute Gasteiger partial charge is 1.00 e. The van der Waals surface area contributed by atoms with Gasteiger partial charge in [-0.1, -0.05) is 57.6 Å². The van der Waals surface area contributed by atoms with Gasteiger partial charge in [0.15, 0.2) is 0 Å². The normalized spacial score (nSPS) is 10.6. The second-order valence-corrected chi connectivity index (χ2v) is 5.02. The van der Waals surface area contributed by atoms with Gasteiger partial charge in [-0.15, -0.1) is 0 Å². The van der Waals surface area contributed by atoms with Crippen molar-refractivity contribution in [3.63, 3.8) is 0 Å². The van der Waals surface area contributed by atoms with Crippen molar-refractivity contribution in [1.29, 1.82) is 0 Å². The largest absolute Gasteiger partial charge is 2.00 e. The fraction of sp³-hybridized carbons (Fsp3) is 0.812. The van der Waals surface area contributed by atoms with Crippen molar-refractivity contribution in [2.24, 2.45) is 0 Å². The van der Waals surface area contributed by atoms with Gasteiger partial charge >= 0.3 is 43.7 Å². The number of carbonyl (C=O) groups is 1. The van der Waals surface area contributed by atoms with E-state index in [1.54, 1.807) is 0 Å². The van der Waals surface area contributed by atoms with Crippen LogP contribution in [0, 0.1) is 0 Å². The molecule has 19 heavy (non-hydrogen) atoms. The molecule has 0 aliphatic rings. The minimum Gasteiger partial charge on any atom is -1.00 e. The summed E-state index contributed by atoms with van der Waals surface area (Å²) in [7, 11) is 0. The van der Waals surface area contributed by atoms with Crippen molar-refractivity contribution < 1.29 is 12.8 Å². The van der Waals surface area contributed by atoms with Crippen molar-refractivity contribution in [3.05, 3.63) is 12.2 Å². The molecule has 1 N–H and O–H groups in total. The van der Waals surface area contributed by atoms with Crippen LogP contribution in [0.15, 0.2) is 12.2 Å². The molecular weight excluding hydrogens is 264 g/mol. The molecule has 0 aliphatic carbocycles. The first-order chi connectivity index (χ1) is 8.77. The van der Waals surface area contributed by atoms with Gasteiger partial charge in [-0.3, -0.25) is 4.79 Å². The van der Waals surface area contributed by atoms with E-state index >= 15 is 0 Å². The maximum absolute atomic E-state index is 10.3. The van der Waals surface area contributed by atoms with Crippen LogP contribution in [-0.4, -0.2) is 48.8 Å². The van der Waals surface area contributed by atoms with E-state index in [4.69, 9.17) is 5.11 Å². The molecular formula is C16H32CaO2. The molecule has 0 fully saturated rings. The number of carboxylic acid groups (broad SMARTS) is 1. The topological polar surface area (TPSA) is 37.3 Å². The summed E-state index contributed by atoms with van der Waals surface area (Å²) in [5, 5.41) is 8.48. The van der Waals surface area contributed by atoms with E-state index < -0.39 is 5.97 Å². The Labute approximate surface area is 152 Å². The minimum absolute atomic E-state index is 0. The van der Waals surface area contributed by atoms with Gasteiger partial charge < -0.3 is 7.96 Å². The second kappa shape index (κ2) is 18.5. The van der Waals surface area contributed by atoms with E-state index in [9.17, 15) is 4.79 Å². The molecule has 0 aromatic rings. The summed E-state index contributed by atoms with van der Waals surface area (Å²) in [6.07, 6.45) is 18.3. The maximum Gasteiger partial charge on any atom is 2.00 e. The van der Waals surface area contributed by atoms with Crippen LogP contribution >= 0.6 is 0 Å². The maximum atomic E-state index is 10.3. The van der Waals surface area contributed by atoms with E-state index in [2.05, 4.69) is 19.1 Å². The van der Waals surface area contributed by atoms with Crippen molar-refractivity contribution >= 4 is 43.7 Å². The van der Waals surface area contributed by atoms with Gasteiger partial charge in [0.1, 0.15) is 0 Å². The second-order valence-electron chi connectivity index (χ2n) is 5.02. The van der Waals surface area contributed by atoms with Gasteiger partial charge in [-0.05, 0) is 32.1 Å². The Morgan fingerprint density at radius 3 is 1.89 bits per heavy atom. The molecule has 3 heteroatoms. The Balaban J connectivity index is -0.000000482. The SMILES string of the molecule is CCCCCC/C=C\CCCCCCCC(=O)O.[Ca+2].[H-].[H-]. The molecule has 0 aromatic carbocycles. The zero-order valence-corrected chi connectivity index (χ0v) is 14.9. The summed E-state index contributed by atoms with van der Waals surface area (Å²) < 4.78 is 0. The quantitative estimate of drug-likeness (QED) is 0.289. The van der Waals surface area contributed by atoms with Crippen molar-refractivity contribution in [2.45, 2.75) is 84.0 Å². The van der Waals surface area contributed by atoms with Crippen LogP contribution in [0.3, 0.4) is 0 Å². The summed E-state index contributed by atoms with van der Waals surface area (Å²) in [6.45, 7) is 2.24. The van der Waals surface area contributed by atoms with Crippen LogP contribution in [-0.2, 0) is 4.79 Å². The predicted molar refractivity (Wildman–Crippen MR) is 85.8 cm³/mol. The summed E-state index contributed by atoms with van der Waals surface area (Å²) in [6, 6.07) is 0. The van der Waals surface area contributed by atoms with Crippen molar-refractivity contribution in [1.82, 2.24) is 0 Å². The van der Waals surface area contributed by atoms with Crippen LogP contribution < -0.4 is 0 Å². The van der Waals surface area contributed by atoms with E-state index in [-0.39, 0.29) is 40.6 Å². The first kappa shape index (κ1) is 21.8. The van der Waals surface area contributed by atoms with Crippen LogP contribution in [0.2, 0.25) is 0 Å². The number of carboxylic acids is 1. The molecule has 0 heterocycles. The first-order valence-corrected chi connectivity index (χ1v) is 7.64. The third-order valence-electron chi connectivity index (χ3n) is 3.15. The molecule has 0 amide bonds. The fourth-order valence-electron chi connectivity index (χ4n) is 1.99. The third-order valence-corrected chi connectivity index (χ3v) is 3.15. The Morgan fingerprint density at radius 2 is 1.37 bits per heavy atom. The third kappa shape index (κ3) is 20.9. The average molecular weight is 297 g/mol. The molecule has 0 atom stereocenters. The van der Waals surface area contributed by atoms with Gasteiger partial charge in [0.2, 0.25) is 0 Å². The van der Waals surface area contributed by atoms with Crippen LogP contribution in [0.25, 0.3) is 0 Å². The van der Waals surface area contributed by atoms with E-state index in [1.807, 2.05) is 0 Å². The van der Waals surface area contributed by atoms with Gasteiger partial charge in [-0.2, -0.15) is 0 Å². The van der Waals surface area contributed by atoms with E-state index in [1.165, 1.54) is 57.8 Å². The summed E-state index contributed by atoms with van der Waals surface area (Å²) >= 11 is 0. The predicted octanol–water partition coefficient (Wildman–Crippen LogP) is 5.17. The molecule has 0 rings (SSSR count). The monoisotopic (exact) mass is 296 g/mol. The zero-order valence-electron chi connectivity index (χ0n) is 14.7. The molecule has 0 radical (unpaired) electrons. The average Bonchev–Trinajstić information content (AvgIpc) is 2.34. The summed E-state index contributed by atoms with van der Waals surface area (Å²) in [5.74, 6) is -0.666. The van der Waals surface area contributed by atoms with Gasteiger partial charge in [0.25, 0.3) is 0 Å². The van der Waals surface area contributed by atoms with Crippen molar-refractivity contribution in [3.8, 4) is 0 Å². The van der Waals surface area contributed by atoms with Crippen LogP contribution in [0.5, 0.6) is 0 Å². The number of hydrogen-bond acceptors (Lipinski definition) is 1. The number of rotatable bonds is 13.